The quantitative estimate of drug-likeness (QED) is 0.881. The number of rotatable bonds is 6. The molecule has 6 heteroatoms. The zero-order chi connectivity index (χ0) is 13.9. The molecule has 104 valence electrons. The molecular weight excluding hydrogens is 260 g/mol. The second-order valence-corrected chi connectivity index (χ2v) is 5.97. The fraction of sp³-hybridized carbons (Fsp3) is 0.615. The lowest BCUT2D eigenvalue weighted by Crippen LogP contribution is -2.38. The fourth-order valence-corrected chi connectivity index (χ4v) is 2.54. The second-order valence-electron chi connectivity index (χ2n) is 5.08. The van der Waals surface area contributed by atoms with Gasteiger partial charge in [-0.15, -0.1) is 11.3 Å². The lowest BCUT2D eigenvalue weighted by atomic mass is 10.00. The average molecular weight is 280 g/mol. The van der Waals surface area contributed by atoms with Gasteiger partial charge in [0, 0.05) is 17.5 Å². The zero-order valence-corrected chi connectivity index (χ0v) is 12.6. The Balaban J connectivity index is 2.03. The van der Waals surface area contributed by atoms with Crippen LogP contribution >= 0.6 is 11.3 Å². The first-order valence-corrected chi connectivity index (χ1v) is 7.40. The maximum Gasteiger partial charge on any atom is 0.229 e. The highest BCUT2D eigenvalue weighted by atomic mass is 32.1. The zero-order valence-electron chi connectivity index (χ0n) is 11.8. The third-order valence-electron chi connectivity index (χ3n) is 3.23. The number of aromatic nitrogens is 3. The van der Waals surface area contributed by atoms with Gasteiger partial charge in [-0.2, -0.15) is 4.98 Å². The number of hydrogen-bond donors (Lipinski definition) is 1. The van der Waals surface area contributed by atoms with Gasteiger partial charge >= 0.3 is 0 Å². The summed E-state index contributed by atoms with van der Waals surface area (Å²) in [6.07, 6.45) is 2.79. The summed E-state index contributed by atoms with van der Waals surface area (Å²) in [6, 6.07) is 0. The van der Waals surface area contributed by atoms with E-state index < -0.39 is 0 Å². The Morgan fingerprint density at radius 3 is 2.79 bits per heavy atom. The number of nitrogens with one attached hydrogen (secondary N) is 1. The van der Waals surface area contributed by atoms with Crippen molar-refractivity contribution in [3.63, 3.8) is 0 Å². The summed E-state index contributed by atoms with van der Waals surface area (Å²) < 4.78 is 5.20. The van der Waals surface area contributed by atoms with Crippen molar-refractivity contribution in [2.24, 2.45) is 0 Å². The fourth-order valence-electron chi connectivity index (χ4n) is 1.70. The SMILES string of the molecule is CCC(C)(NCc1noc(C(C)C)n1)c1nccs1. The van der Waals surface area contributed by atoms with Gasteiger partial charge in [-0.05, 0) is 13.3 Å². The van der Waals surface area contributed by atoms with E-state index in [9.17, 15) is 0 Å². The van der Waals surface area contributed by atoms with Crippen molar-refractivity contribution in [1.82, 2.24) is 20.4 Å². The molecule has 0 fully saturated rings. The normalized spacial score (nSPS) is 14.8. The second kappa shape index (κ2) is 5.79. The molecule has 1 atom stereocenters. The van der Waals surface area contributed by atoms with Gasteiger partial charge in [0.05, 0.1) is 12.1 Å². The van der Waals surface area contributed by atoms with Gasteiger partial charge in [0.15, 0.2) is 5.82 Å². The summed E-state index contributed by atoms with van der Waals surface area (Å²) in [6.45, 7) is 8.95. The van der Waals surface area contributed by atoms with Gasteiger partial charge in [-0.1, -0.05) is 25.9 Å². The molecule has 2 rings (SSSR count). The lowest BCUT2D eigenvalue weighted by Gasteiger charge is -2.26. The third kappa shape index (κ3) is 3.19. The van der Waals surface area contributed by atoms with Crippen molar-refractivity contribution >= 4 is 11.3 Å². The predicted octanol–water partition coefficient (Wildman–Crippen LogP) is 3.06. The van der Waals surface area contributed by atoms with Crippen molar-refractivity contribution in [2.45, 2.75) is 52.1 Å². The van der Waals surface area contributed by atoms with Gasteiger partial charge < -0.3 is 4.52 Å². The summed E-state index contributed by atoms with van der Waals surface area (Å²) in [7, 11) is 0. The molecule has 0 aromatic carbocycles. The lowest BCUT2D eigenvalue weighted by molar-refractivity contribution is 0.332. The highest BCUT2D eigenvalue weighted by Crippen LogP contribution is 2.26. The van der Waals surface area contributed by atoms with Gasteiger partial charge in [0.2, 0.25) is 5.89 Å². The van der Waals surface area contributed by atoms with Crippen LogP contribution in [0, 0.1) is 0 Å². The molecule has 2 aromatic rings. The molecule has 0 amide bonds. The van der Waals surface area contributed by atoms with Crippen LogP contribution in [0.1, 0.15) is 56.8 Å². The van der Waals surface area contributed by atoms with Crippen molar-refractivity contribution < 1.29 is 4.52 Å². The van der Waals surface area contributed by atoms with Crippen LogP contribution in [0.25, 0.3) is 0 Å². The smallest absolute Gasteiger partial charge is 0.229 e. The van der Waals surface area contributed by atoms with E-state index in [4.69, 9.17) is 4.52 Å². The number of nitrogens with zero attached hydrogens (tertiary/aromatic N) is 3. The van der Waals surface area contributed by atoms with E-state index in [0.29, 0.717) is 18.3 Å². The monoisotopic (exact) mass is 280 g/mol. The molecule has 0 aliphatic heterocycles. The minimum atomic E-state index is -0.146. The van der Waals surface area contributed by atoms with Crippen molar-refractivity contribution in [2.75, 3.05) is 0 Å². The van der Waals surface area contributed by atoms with Crippen LogP contribution in [0.15, 0.2) is 16.1 Å². The first-order valence-electron chi connectivity index (χ1n) is 6.52. The topological polar surface area (TPSA) is 63.8 Å². The van der Waals surface area contributed by atoms with E-state index in [0.717, 1.165) is 11.4 Å². The van der Waals surface area contributed by atoms with Crippen LogP contribution in [-0.2, 0) is 12.1 Å². The van der Waals surface area contributed by atoms with E-state index in [1.807, 2.05) is 25.4 Å². The predicted molar refractivity (Wildman–Crippen MR) is 75.0 cm³/mol. The van der Waals surface area contributed by atoms with E-state index in [1.165, 1.54) is 0 Å². The molecule has 0 aliphatic carbocycles. The van der Waals surface area contributed by atoms with Crippen LogP contribution in [0.4, 0.5) is 0 Å². The van der Waals surface area contributed by atoms with E-state index >= 15 is 0 Å². The highest BCUT2D eigenvalue weighted by molar-refractivity contribution is 7.09. The molecule has 0 spiro atoms. The minimum Gasteiger partial charge on any atom is -0.339 e. The Morgan fingerprint density at radius 1 is 1.47 bits per heavy atom. The van der Waals surface area contributed by atoms with Crippen molar-refractivity contribution in [3.8, 4) is 0 Å². The highest BCUT2D eigenvalue weighted by Gasteiger charge is 2.27. The van der Waals surface area contributed by atoms with Crippen LogP contribution in [0.2, 0.25) is 0 Å². The van der Waals surface area contributed by atoms with Crippen LogP contribution in [0.3, 0.4) is 0 Å². The Bertz CT molecular complexity index is 508. The summed E-state index contributed by atoms with van der Waals surface area (Å²) in [4.78, 5) is 8.77. The van der Waals surface area contributed by atoms with Crippen LogP contribution in [-0.4, -0.2) is 15.1 Å². The number of thiazole rings is 1. The summed E-state index contributed by atoms with van der Waals surface area (Å²) in [5.74, 6) is 1.64. The Labute approximate surface area is 117 Å². The van der Waals surface area contributed by atoms with E-state index in [2.05, 4.69) is 34.3 Å². The van der Waals surface area contributed by atoms with Crippen LogP contribution in [0.5, 0.6) is 0 Å². The Morgan fingerprint density at radius 2 is 2.26 bits per heavy atom. The van der Waals surface area contributed by atoms with Crippen molar-refractivity contribution in [1.29, 1.82) is 0 Å². The van der Waals surface area contributed by atoms with Crippen LogP contribution < -0.4 is 5.32 Å². The minimum absolute atomic E-state index is 0.146. The molecule has 5 nitrogen and oxygen atoms in total. The summed E-state index contributed by atoms with van der Waals surface area (Å²) in [5.41, 5.74) is -0.146. The first kappa shape index (κ1) is 14.1. The Kier molecular flexibility index (Phi) is 4.31. The maximum atomic E-state index is 5.20. The molecule has 2 heterocycles. The van der Waals surface area contributed by atoms with Crippen molar-refractivity contribution in [3.05, 3.63) is 28.3 Å². The molecular formula is C13H20N4OS. The first-order chi connectivity index (χ1) is 9.05. The molecule has 19 heavy (non-hydrogen) atoms. The summed E-state index contributed by atoms with van der Waals surface area (Å²) >= 11 is 1.66. The maximum absolute atomic E-state index is 5.20. The van der Waals surface area contributed by atoms with Gasteiger partial charge in [0.25, 0.3) is 0 Å². The number of hydrogen-bond acceptors (Lipinski definition) is 6. The molecule has 2 aromatic heterocycles. The molecule has 0 saturated heterocycles. The van der Waals surface area contributed by atoms with E-state index in [-0.39, 0.29) is 11.5 Å². The summed E-state index contributed by atoms with van der Waals surface area (Å²) in [5, 5.41) is 10.6. The standard InChI is InChI=1S/C13H20N4OS/c1-5-13(4,12-14-6-7-19-12)15-8-10-16-11(9(2)3)18-17-10/h6-7,9,15H,5,8H2,1-4H3. The molecule has 1 unspecified atom stereocenters. The molecule has 0 saturated carbocycles. The largest absolute Gasteiger partial charge is 0.339 e. The molecule has 1 N–H and O–H groups in total. The van der Waals surface area contributed by atoms with Gasteiger partial charge in [0.1, 0.15) is 5.01 Å². The Hall–Kier alpha value is -1.27. The van der Waals surface area contributed by atoms with Gasteiger partial charge in [-0.25, -0.2) is 4.98 Å². The molecule has 0 radical (unpaired) electrons. The molecule has 0 bridgehead atoms. The van der Waals surface area contributed by atoms with E-state index in [1.54, 1.807) is 11.3 Å². The third-order valence-corrected chi connectivity index (χ3v) is 4.26. The van der Waals surface area contributed by atoms with Gasteiger partial charge in [-0.3, -0.25) is 5.32 Å². The average Bonchev–Trinajstić information content (AvgIpc) is 3.06. The molecule has 0 aliphatic rings.